The van der Waals surface area contributed by atoms with Gasteiger partial charge in [0.15, 0.2) is 0 Å². The average molecular weight is 212 g/mol. The van der Waals surface area contributed by atoms with Crippen molar-refractivity contribution >= 4 is 6.08 Å². The molecule has 0 spiro atoms. The van der Waals surface area contributed by atoms with E-state index in [-0.39, 0.29) is 0 Å². The fraction of sp³-hybridized carbons (Fsp3) is 0.375. The molecule has 0 aliphatic rings. The molecule has 0 saturated heterocycles. The highest BCUT2D eigenvalue weighted by Gasteiger charge is 1.84. The van der Waals surface area contributed by atoms with Gasteiger partial charge in [0.05, 0.1) is 0 Å². The van der Waals surface area contributed by atoms with E-state index in [9.17, 15) is 0 Å². The lowest BCUT2D eigenvalue weighted by atomic mass is 10.1. The number of unbranched alkanes of at least 4 members (excludes halogenated alkanes) is 3. The summed E-state index contributed by atoms with van der Waals surface area (Å²) in [5.41, 5.74) is 2.51. The van der Waals surface area contributed by atoms with E-state index in [1.54, 1.807) is 0 Å². The van der Waals surface area contributed by atoms with Gasteiger partial charge in [-0.1, -0.05) is 61.4 Å². The summed E-state index contributed by atoms with van der Waals surface area (Å²) >= 11 is 0. The highest BCUT2D eigenvalue weighted by atomic mass is 13.9. The maximum absolute atomic E-state index is 3.17. The van der Waals surface area contributed by atoms with E-state index in [4.69, 9.17) is 0 Å². The number of hydrogen-bond acceptors (Lipinski definition) is 0. The molecular formula is C16H20. The van der Waals surface area contributed by atoms with E-state index in [0.717, 1.165) is 6.42 Å². The molecule has 16 heavy (non-hydrogen) atoms. The standard InChI is InChI=1S/C16H20/c1-3-4-5-6-7-8-9-10-16-13-11-15(2)12-14-16/h9-14H,3-6H2,1-2H3/b10-9+. The summed E-state index contributed by atoms with van der Waals surface area (Å²) in [7, 11) is 0. The zero-order valence-electron chi connectivity index (χ0n) is 10.3. The Bertz CT molecular complexity index is 371. The zero-order valence-corrected chi connectivity index (χ0v) is 10.3. The summed E-state index contributed by atoms with van der Waals surface area (Å²) in [5, 5.41) is 0. The van der Waals surface area contributed by atoms with E-state index in [0.29, 0.717) is 0 Å². The summed E-state index contributed by atoms with van der Waals surface area (Å²) in [6.07, 6.45) is 8.80. The monoisotopic (exact) mass is 212 g/mol. The topological polar surface area (TPSA) is 0 Å². The predicted molar refractivity (Wildman–Crippen MR) is 72.1 cm³/mol. The SMILES string of the molecule is CCCCCC#C/C=C/c1ccc(C)cc1. The lowest BCUT2D eigenvalue weighted by Gasteiger charge is -1.92. The van der Waals surface area contributed by atoms with Gasteiger partial charge in [-0.2, -0.15) is 0 Å². The Labute approximate surface area is 99.4 Å². The van der Waals surface area contributed by atoms with Gasteiger partial charge in [0.1, 0.15) is 0 Å². The molecule has 1 aromatic carbocycles. The molecule has 84 valence electrons. The zero-order chi connectivity index (χ0) is 11.6. The minimum Gasteiger partial charge on any atom is -0.0985 e. The van der Waals surface area contributed by atoms with E-state index < -0.39 is 0 Å². The van der Waals surface area contributed by atoms with Crippen molar-refractivity contribution in [2.45, 2.75) is 39.5 Å². The van der Waals surface area contributed by atoms with Crippen LogP contribution in [0.1, 0.15) is 43.7 Å². The maximum atomic E-state index is 3.17. The minimum absolute atomic E-state index is 1.02. The van der Waals surface area contributed by atoms with Crippen molar-refractivity contribution in [3.63, 3.8) is 0 Å². The molecule has 0 aliphatic carbocycles. The van der Waals surface area contributed by atoms with Crippen LogP contribution in [0.5, 0.6) is 0 Å². The summed E-state index contributed by atoms with van der Waals surface area (Å²) in [4.78, 5) is 0. The van der Waals surface area contributed by atoms with Crippen LogP contribution in [0.2, 0.25) is 0 Å². The Morgan fingerprint density at radius 1 is 1.12 bits per heavy atom. The highest BCUT2D eigenvalue weighted by molar-refractivity contribution is 5.52. The molecular weight excluding hydrogens is 192 g/mol. The molecule has 0 heteroatoms. The molecule has 1 aromatic rings. The third-order valence-corrected chi connectivity index (χ3v) is 2.44. The van der Waals surface area contributed by atoms with Crippen molar-refractivity contribution in [2.24, 2.45) is 0 Å². The molecule has 0 saturated carbocycles. The maximum Gasteiger partial charge on any atom is 0.00922 e. The van der Waals surface area contributed by atoms with Crippen LogP contribution >= 0.6 is 0 Å². The van der Waals surface area contributed by atoms with Crippen LogP contribution in [0.15, 0.2) is 30.3 Å². The van der Waals surface area contributed by atoms with E-state index in [1.165, 1.54) is 30.4 Å². The van der Waals surface area contributed by atoms with Crippen LogP contribution < -0.4 is 0 Å². The number of benzene rings is 1. The largest absolute Gasteiger partial charge is 0.0985 e. The minimum atomic E-state index is 1.02. The second-order valence-electron chi connectivity index (χ2n) is 4.02. The van der Waals surface area contributed by atoms with Crippen molar-refractivity contribution in [3.8, 4) is 11.8 Å². The Kier molecular flexibility index (Phi) is 6.11. The highest BCUT2D eigenvalue weighted by Crippen LogP contribution is 2.04. The van der Waals surface area contributed by atoms with E-state index in [2.05, 4.69) is 56.0 Å². The van der Waals surface area contributed by atoms with Gasteiger partial charge in [0, 0.05) is 6.42 Å². The first kappa shape index (κ1) is 12.6. The molecule has 0 amide bonds. The first-order valence-corrected chi connectivity index (χ1v) is 6.04. The van der Waals surface area contributed by atoms with Gasteiger partial charge in [0.2, 0.25) is 0 Å². The van der Waals surface area contributed by atoms with Crippen LogP contribution in [-0.2, 0) is 0 Å². The number of allylic oxidation sites excluding steroid dienone is 1. The smallest absolute Gasteiger partial charge is 0.00922 e. The number of aryl methyl sites for hydroxylation is 1. The summed E-state index contributed by atoms with van der Waals surface area (Å²) in [6, 6.07) is 8.47. The lowest BCUT2D eigenvalue weighted by molar-refractivity contribution is 0.737. The molecule has 0 fully saturated rings. The Morgan fingerprint density at radius 3 is 2.56 bits per heavy atom. The van der Waals surface area contributed by atoms with Gasteiger partial charge in [-0.25, -0.2) is 0 Å². The van der Waals surface area contributed by atoms with Crippen LogP contribution in [0.4, 0.5) is 0 Å². The molecule has 0 heterocycles. The average Bonchev–Trinajstić information content (AvgIpc) is 2.30. The van der Waals surface area contributed by atoms with Gasteiger partial charge in [0.25, 0.3) is 0 Å². The summed E-state index contributed by atoms with van der Waals surface area (Å²) in [5.74, 6) is 6.24. The third kappa shape index (κ3) is 5.41. The van der Waals surface area contributed by atoms with Crippen molar-refractivity contribution in [2.75, 3.05) is 0 Å². The van der Waals surface area contributed by atoms with Crippen LogP contribution in [-0.4, -0.2) is 0 Å². The number of rotatable bonds is 4. The van der Waals surface area contributed by atoms with E-state index >= 15 is 0 Å². The number of hydrogen-bond donors (Lipinski definition) is 0. The van der Waals surface area contributed by atoms with Crippen molar-refractivity contribution < 1.29 is 0 Å². The van der Waals surface area contributed by atoms with Gasteiger partial charge in [-0.15, -0.1) is 0 Å². The van der Waals surface area contributed by atoms with Crippen molar-refractivity contribution in [1.82, 2.24) is 0 Å². The van der Waals surface area contributed by atoms with Crippen LogP contribution in [0.25, 0.3) is 6.08 Å². The molecule has 0 N–H and O–H groups in total. The van der Waals surface area contributed by atoms with Crippen LogP contribution in [0.3, 0.4) is 0 Å². The fourth-order valence-corrected chi connectivity index (χ4v) is 1.41. The molecule has 0 radical (unpaired) electrons. The molecule has 0 aromatic heterocycles. The fourth-order valence-electron chi connectivity index (χ4n) is 1.41. The Hall–Kier alpha value is -1.48. The molecule has 0 nitrogen and oxygen atoms in total. The van der Waals surface area contributed by atoms with Crippen LogP contribution in [0, 0.1) is 18.8 Å². The Balaban J connectivity index is 2.33. The van der Waals surface area contributed by atoms with Gasteiger partial charge >= 0.3 is 0 Å². The lowest BCUT2D eigenvalue weighted by Crippen LogP contribution is -1.73. The normalized spacial score (nSPS) is 10.1. The van der Waals surface area contributed by atoms with Crippen molar-refractivity contribution in [3.05, 3.63) is 41.5 Å². The first-order chi connectivity index (χ1) is 7.83. The molecule has 0 atom stereocenters. The quantitative estimate of drug-likeness (QED) is 0.506. The second kappa shape index (κ2) is 7.77. The van der Waals surface area contributed by atoms with Gasteiger partial charge in [-0.3, -0.25) is 0 Å². The molecule has 1 rings (SSSR count). The Morgan fingerprint density at radius 2 is 1.88 bits per heavy atom. The molecule has 0 aliphatic heterocycles. The van der Waals surface area contributed by atoms with Gasteiger partial charge < -0.3 is 0 Å². The third-order valence-electron chi connectivity index (χ3n) is 2.44. The van der Waals surface area contributed by atoms with Gasteiger partial charge in [-0.05, 0) is 31.1 Å². The van der Waals surface area contributed by atoms with Crippen molar-refractivity contribution in [1.29, 1.82) is 0 Å². The molecule has 0 unspecified atom stereocenters. The summed E-state index contributed by atoms with van der Waals surface area (Å²) < 4.78 is 0. The summed E-state index contributed by atoms with van der Waals surface area (Å²) in [6.45, 7) is 4.31. The second-order valence-corrected chi connectivity index (χ2v) is 4.02. The first-order valence-electron chi connectivity index (χ1n) is 6.04. The van der Waals surface area contributed by atoms with E-state index in [1.807, 2.05) is 6.08 Å². The predicted octanol–water partition coefficient (Wildman–Crippen LogP) is 4.59. The molecule has 0 bridgehead atoms.